The quantitative estimate of drug-likeness (QED) is 0.761. The van der Waals surface area contributed by atoms with Gasteiger partial charge in [0, 0.05) is 6.20 Å². The molecule has 0 aliphatic carbocycles. The molecule has 1 heterocycles. The highest BCUT2D eigenvalue weighted by atomic mass is 16.4. The first-order valence-corrected chi connectivity index (χ1v) is 6.17. The van der Waals surface area contributed by atoms with Crippen molar-refractivity contribution in [2.24, 2.45) is 0 Å². The van der Waals surface area contributed by atoms with Gasteiger partial charge in [-0.15, -0.1) is 0 Å². The van der Waals surface area contributed by atoms with Gasteiger partial charge in [0.25, 0.3) is 0 Å². The standard InChI is InChI=1S/C16H12N2O2/c19-16(20)14-7-3-12(4-8-14)11-1-5-13(6-2-11)15-9-10-17-18-15/h1-10H,(H,17,18)(H,19,20). The number of H-pyrrole nitrogens is 1. The van der Waals surface area contributed by atoms with E-state index in [-0.39, 0.29) is 0 Å². The molecule has 2 N–H and O–H groups in total. The van der Waals surface area contributed by atoms with Crippen molar-refractivity contribution >= 4 is 5.97 Å². The van der Waals surface area contributed by atoms with Crippen molar-refractivity contribution in [1.29, 1.82) is 0 Å². The van der Waals surface area contributed by atoms with Crippen LogP contribution in [0.2, 0.25) is 0 Å². The van der Waals surface area contributed by atoms with Crippen LogP contribution < -0.4 is 0 Å². The first-order chi connectivity index (χ1) is 9.74. The van der Waals surface area contributed by atoms with Crippen molar-refractivity contribution in [1.82, 2.24) is 10.2 Å². The zero-order valence-electron chi connectivity index (χ0n) is 10.6. The van der Waals surface area contributed by atoms with Crippen LogP contribution in [-0.2, 0) is 0 Å². The predicted molar refractivity (Wildman–Crippen MR) is 76.4 cm³/mol. The van der Waals surface area contributed by atoms with Crippen LogP contribution in [0.3, 0.4) is 0 Å². The molecule has 4 heteroatoms. The third-order valence-corrected chi connectivity index (χ3v) is 3.16. The minimum atomic E-state index is -0.911. The summed E-state index contributed by atoms with van der Waals surface area (Å²) >= 11 is 0. The molecule has 4 nitrogen and oxygen atoms in total. The van der Waals surface area contributed by atoms with Crippen LogP contribution in [0.15, 0.2) is 60.8 Å². The lowest BCUT2D eigenvalue weighted by atomic mass is 10.0. The second-order valence-electron chi connectivity index (χ2n) is 4.43. The Labute approximate surface area is 115 Å². The van der Waals surface area contributed by atoms with Gasteiger partial charge in [0.15, 0.2) is 0 Å². The van der Waals surface area contributed by atoms with Gasteiger partial charge in [-0.25, -0.2) is 4.79 Å². The van der Waals surface area contributed by atoms with Crippen LogP contribution in [-0.4, -0.2) is 21.3 Å². The molecule has 3 rings (SSSR count). The Bertz CT molecular complexity index is 714. The number of aromatic amines is 1. The van der Waals surface area contributed by atoms with Gasteiger partial charge in [0.05, 0.1) is 11.3 Å². The molecule has 0 atom stereocenters. The van der Waals surface area contributed by atoms with E-state index < -0.39 is 5.97 Å². The Kier molecular flexibility index (Phi) is 3.05. The first kappa shape index (κ1) is 12.2. The summed E-state index contributed by atoms with van der Waals surface area (Å²) in [7, 11) is 0. The van der Waals surface area contributed by atoms with Crippen LogP contribution in [0, 0.1) is 0 Å². The average Bonchev–Trinajstić information content (AvgIpc) is 3.02. The van der Waals surface area contributed by atoms with Gasteiger partial charge in [-0.1, -0.05) is 36.4 Å². The van der Waals surface area contributed by atoms with E-state index in [9.17, 15) is 4.79 Å². The van der Waals surface area contributed by atoms with E-state index in [0.29, 0.717) is 5.56 Å². The summed E-state index contributed by atoms with van der Waals surface area (Å²) in [5, 5.41) is 15.7. The van der Waals surface area contributed by atoms with E-state index in [1.54, 1.807) is 18.3 Å². The molecule has 0 saturated heterocycles. The van der Waals surface area contributed by atoms with Crippen molar-refractivity contribution in [2.75, 3.05) is 0 Å². The molecule has 0 saturated carbocycles. The van der Waals surface area contributed by atoms with E-state index >= 15 is 0 Å². The number of nitrogens with zero attached hydrogens (tertiary/aromatic N) is 1. The van der Waals surface area contributed by atoms with Crippen LogP contribution in [0.25, 0.3) is 22.4 Å². The first-order valence-electron chi connectivity index (χ1n) is 6.17. The number of carboxylic acid groups (broad SMARTS) is 1. The zero-order valence-corrected chi connectivity index (χ0v) is 10.6. The van der Waals surface area contributed by atoms with Gasteiger partial charge in [-0.05, 0) is 34.9 Å². The summed E-state index contributed by atoms with van der Waals surface area (Å²) < 4.78 is 0. The normalized spacial score (nSPS) is 10.4. The number of hydrogen-bond donors (Lipinski definition) is 2. The van der Waals surface area contributed by atoms with E-state index in [4.69, 9.17) is 5.11 Å². The lowest BCUT2D eigenvalue weighted by Gasteiger charge is -2.04. The van der Waals surface area contributed by atoms with Gasteiger partial charge < -0.3 is 5.11 Å². The highest BCUT2D eigenvalue weighted by Gasteiger charge is 2.04. The fraction of sp³-hybridized carbons (Fsp3) is 0. The van der Waals surface area contributed by atoms with Gasteiger partial charge in [-0.2, -0.15) is 5.10 Å². The van der Waals surface area contributed by atoms with Crippen molar-refractivity contribution in [3.63, 3.8) is 0 Å². The molecule has 1 aromatic heterocycles. The predicted octanol–water partition coefficient (Wildman–Crippen LogP) is 3.44. The Hall–Kier alpha value is -2.88. The second-order valence-corrected chi connectivity index (χ2v) is 4.43. The van der Waals surface area contributed by atoms with E-state index in [2.05, 4.69) is 10.2 Å². The molecular formula is C16H12N2O2. The van der Waals surface area contributed by atoms with E-state index in [1.807, 2.05) is 42.5 Å². The third kappa shape index (κ3) is 2.31. The maximum atomic E-state index is 10.8. The molecule has 0 radical (unpaired) electrons. The number of carboxylic acids is 1. The molecule has 20 heavy (non-hydrogen) atoms. The number of aromatic carboxylic acids is 1. The Morgan fingerprint density at radius 3 is 1.90 bits per heavy atom. The number of rotatable bonds is 3. The van der Waals surface area contributed by atoms with Crippen molar-refractivity contribution < 1.29 is 9.90 Å². The molecular weight excluding hydrogens is 252 g/mol. The summed E-state index contributed by atoms with van der Waals surface area (Å²) in [6, 6.07) is 16.8. The molecule has 0 fully saturated rings. The van der Waals surface area contributed by atoms with Crippen LogP contribution in [0.4, 0.5) is 0 Å². The second kappa shape index (κ2) is 5.01. The average molecular weight is 264 g/mol. The molecule has 98 valence electrons. The minimum Gasteiger partial charge on any atom is -0.478 e. The lowest BCUT2D eigenvalue weighted by Crippen LogP contribution is -1.94. The van der Waals surface area contributed by atoms with Crippen LogP contribution in [0.1, 0.15) is 10.4 Å². The number of aromatic nitrogens is 2. The molecule has 0 amide bonds. The molecule has 3 aromatic rings. The fourth-order valence-corrected chi connectivity index (χ4v) is 2.06. The Balaban J connectivity index is 1.89. The van der Waals surface area contributed by atoms with Crippen molar-refractivity contribution in [2.45, 2.75) is 0 Å². The molecule has 0 spiro atoms. The SMILES string of the molecule is O=C(O)c1ccc(-c2ccc(-c3ccn[nH]3)cc2)cc1. The summed E-state index contributed by atoms with van der Waals surface area (Å²) in [4.78, 5) is 10.8. The van der Waals surface area contributed by atoms with Crippen LogP contribution >= 0.6 is 0 Å². The van der Waals surface area contributed by atoms with Gasteiger partial charge in [-0.3, -0.25) is 5.10 Å². The molecule has 0 aliphatic rings. The summed E-state index contributed by atoms with van der Waals surface area (Å²) in [5.74, 6) is -0.911. The van der Waals surface area contributed by atoms with E-state index in [1.165, 1.54) is 0 Å². The fourth-order valence-electron chi connectivity index (χ4n) is 2.06. The van der Waals surface area contributed by atoms with Crippen molar-refractivity contribution in [3.8, 4) is 22.4 Å². The topological polar surface area (TPSA) is 66.0 Å². The monoisotopic (exact) mass is 264 g/mol. The summed E-state index contributed by atoms with van der Waals surface area (Å²) in [6.07, 6.45) is 1.72. The molecule has 0 bridgehead atoms. The van der Waals surface area contributed by atoms with Gasteiger partial charge in [0.2, 0.25) is 0 Å². The zero-order chi connectivity index (χ0) is 13.9. The van der Waals surface area contributed by atoms with E-state index in [0.717, 1.165) is 22.4 Å². The Morgan fingerprint density at radius 2 is 1.40 bits per heavy atom. The number of carbonyl (C=O) groups is 1. The van der Waals surface area contributed by atoms with Crippen molar-refractivity contribution in [3.05, 3.63) is 66.4 Å². The van der Waals surface area contributed by atoms with Gasteiger partial charge in [0.1, 0.15) is 0 Å². The highest BCUT2D eigenvalue weighted by Crippen LogP contribution is 2.23. The summed E-state index contributed by atoms with van der Waals surface area (Å²) in [6.45, 7) is 0. The molecule has 0 aliphatic heterocycles. The largest absolute Gasteiger partial charge is 0.478 e. The maximum Gasteiger partial charge on any atom is 0.335 e. The third-order valence-electron chi connectivity index (χ3n) is 3.16. The van der Waals surface area contributed by atoms with Gasteiger partial charge >= 0.3 is 5.97 Å². The molecule has 0 unspecified atom stereocenters. The number of hydrogen-bond acceptors (Lipinski definition) is 2. The summed E-state index contributed by atoms with van der Waals surface area (Å²) in [5.41, 5.74) is 4.37. The highest BCUT2D eigenvalue weighted by molar-refractivity contribution is 5.88. The van der Waals surface area contributed by atoms with Crippen LogP contribution in [0.5, 0.6) is 0 Å². The number of benzene rings is 2. The minimum absolute atomic E-state index is 0.294. The Morgan fingerprint density at radius 1 is 0.850 bits per heavy atom. The number of nitrogens with one attached hydrogen (secondary N) is 1. The smallest absolute Gasteiger partial charge is 0.335 e. The lowest BCUT2D eigenvalue weighted by molar-refractivity contribution is 0.0697. The maximum absolute atomic E-state index is 10.8. The molecule has 2 aromatic carbocycles.